The van der Waals surface area contributed by atoms with E-state index < -0.39 is 5.69 Å². The minimum absolute atomic E-state index is 0.131. The molecular formula is C10H10N6O3. The minimum atomic E-state index is -0.420. The van der Waals surface area contributed by atoms with E-state index in [-0.39, 0.29) is 12.5 Å². The predicted molar refractivity (Wildman–Crippen MR) is 61.8 cm³/mol. The van der Waals surface area contributed by atoms with Gasteiger partial charge in [-0.15, -0.1) is 9.78 Å². The highest BCUT2D eigenvalue weighted by molar-refractivity contribution is 5.29. The monoisotopic (exact) mass is 264 g/mol. The van der Waals surface area contributed by atoms with Crippen LogP contribution in [0, 0.1) is 0 Å². The third-order valence-corrected chi connectivity index (χ3v) is 2.45. The van der Waals surface area contributed by atoms with E-state index in [4.69, 9.17) is 10.6 Å². The van der Waals surface area contributed by atoms with Gasteiger partial charge in [-0.2, -0.15) is 4.68 Å². The Balaban J connectivity index is 1.83. The SMILES string of the molecule is [3H]n1ccc(OCc2ccoc2-n2nnn(C)c2=O)n1. The van der Waals surface area contributed by atoms with Gasteiger partial charge in [0.05, 0.1) is 11.8 Å². The van der Waals surface area contributed by atoms with E-state index in [1.165, 1.54) is 19.5 Å². The van der Waals surface area contributed by atoms with Crippen LogP contribution in [0.2, 0.25) is 1.41 Å². The van der Waals surface area contributed by atoms with Crippen molar-refractivity contribution in [3.05, 3.63) is 40.6 Å². The molecule has 0 aliphatic rings. The number of aryl methyl sites for hydroxylation is 1. The van der Waals surface area contributed by atoms with Gasteiger partial charge in [0.1, 0.15) is 6.61 Å². The van der Waals surface area contributed by atoms with E-state index in [9.17, 15) is 4.79 Å². The molecular weight excluding hydrogens is 252 g/mol. The minimum Gasteiger partial charge on any atom is -0.472 e. The number of hydrogen-bond donors (Lipinski definition) is 1. The second-order valence-corrected chi connectivity index (χ2v) is 3.71. The molecule has 0 bridgehead atoms. The van der Waals surface area contributed by atoms with Gasteiger partial charge in [-0.1, -0.05) is 0 Å². The average molecular weight is 264 g/mol. The second-order valence-electron chi connectivity index (χ2n) is 3.71. The largest absolute Gasteiger partial charge is 0.472 e. The summed E-state index contributed by atoms with van der Waals surface area (Å²) in [4.78, 5) is 11.8. The fourth-order valence-electron chi connectivity index (χ4n) is 1.51. The molecule has 3 rings (SSSR count). The summed E-state index contributed by atoms with van der Waals surface area (Å²) in [5, 5.41) is 12.0. The molecule has 0 fully saturated rings. The van der Waals surface area contributed by atoms with Crippen molar-refractivity contribution >= 4 is 0 Å². The number of tetrazole rings is 1. The summed E-state index contributed by atoms with van der Waals surface area (Å²) in [5.74, 6) is 0.548. The van der Waals surface area contributed by atoms with Crippen molar-refractivity contribution in [2.24, 2.45) is 7.05 Å². The highest BCUT2D eigenvalue weighted by atomic mass is 16.5. The molecule has 0 aromatic carbocycles. The molecule has 3 aromatic heterocycles. The van der Waals surface area contributed by atoms with Crippen molar-refractivity contribution in [1.82, 2.24) is 30.0 Å². The van der Waals surface area contributed by atoms with Crippen LogP contribution in [-0.2, 0) is 13.7 Å². The van der Waals surface area contributed by atoms with Crippen LogP contribution in [0.15, 0.2) is 33.8 Å². The molecule has 0 spiro atoms. The van der Waals surface area contributed by atoms with Crippen molar-refractivity contribution in [2.75, 3.05) is 0 Å². The summed E-state index contributed by atoms with van der Waals surface area (Å²) in [5.41, 5.74) is 0.198. The van der Waals surface area contributed by atoms with Crippen molar-refractivity contribution in [1.29, 1.82) is 0 Å². The quantitative estimate of drug-likeness (QED) is 0.703. The van der Waals surface area contributed by atoms with Gasteiger partial charge in [0, 0.05) is 19.3 Å². The standard InChI is InChI=1S/C10H10N6O3/c1-15-10(17)16(14-13-15)9-7(3-5-18-9)6-19-8-2-4-11-12-8/h2-5H,6H2,1H3,(H,11,12)/i/hT. The van der Waals surface area contributed by atoms with Crippen LogP contribution in [0.4, 0.5) is 0 Å². The molecule has 0 unspecified atom stereocenters. The Morgan fingerprint density at radius 2 is 2.42 bits per heavy atom. The summed E-state index contributed by atoms with van der Waals surface area (Å²) < 4.78 is 20.0. The predicted octanol–water partition coefficient (Wildman–Crippen LogP) is -0.139. The first kappa shape index (κ1) is 10.1. The van der Waals surface area contributed by atoms with Crippen LogP contribution in [0.5, 0.6) is 5.88 Å². The number of aromatic nitrogens is 6. The van der Waals surface area contributed by atoms with Crippen LogP contribution >= 0.6 is 0 Å². The zero-order chi connectivity index (χ0) is 14.1. The highest BCUT2D eigenvalue weighted by Crippen LogP contribution is 2.15. The molecule has 0 aliphatic heterocycles. The van der Waals surface area contributed by atoms with Gasteiger partial charge in [-0.25, -0.2) is 4.79 Å². The molecule has 19 heavy (non-hydrogen) atoms. The molecule has 3 aromatic rings. The number of furan rings is 1. The summed E-state index contributed by atoms with van der Waals surface area (Å²) >= 11 is 0. The number of aromatic amines is 1. The lowest BCUT2D eigenvalue weighted by molar-refractivity contribution is 0.291. The molecule has 0 saturated heterocycles. The van der Waals surface area contributed by atoms with Crippen molar-refractivity contribution < 1.29 is 10.6 Å². The molecule has 9 nitrogen and oxygen atoms in total. The number of hydrogen-bond acceptors (Lipinski definition) is 6. The van der Waals surface area contributed by atoms with Crippen LogP contribution in [0.1, 0.15) is 5.56 Å². The first-order valence-corrected chi connectivity index (χ1v) is 5.38. The Hall–Kier alpha value is -2.84. The smallest absolute Gasteiger partial charge is 0.370 e. The Morgan fingerprint density at radius 1 is 1.53 bits per heavy atom. The Bertz CT molecular complexity index is 785. The molecule has 0 radical (unpaired) electrons. The van der Waals surface area contributed by atoms with Crippen LogP contribution in [-0.4, -0.2) is 30.0 Å². The first-order valence-electron chi connectivity index (χ1n) is 5.83. The second kappa shape index (κ2) is 4.44. The molecule has 0 saturated carbocycles. The molecule has 98 valence electrons. The normalized spacial score (nSPS) is 11.5. The molecule has 3 heterocycles. The fraction of sp³-hybridized carbons (Fsp3) is 0.200. The third kappa shape index (κ3) is 2.01. The number of nitrogens with one attached hydrogen (secondary N) is 1. The van der Waals surface area contributed by atoms with E-state index in [0.29, 0.717) is 11.4 Å². The molecule has 0 amide bonds. The van der Waals surface area contributed by atoms with Gasteiger partial charge < -0.3 is 9.15 Å². The Labute approximate surface area is 107 Å². The van der Waals surface area contributed by atoms with Gasteiger partial charge in [0.25, 0.3) is 0 Å². The molecule has 0 atom stereocenters. The maximum atomic E-state index is 11.8. The van der Waals surface area contributed by atoms with E-state index in [0.717, 1.165) is 14.5 Å². The fourth-order valence-corrected chi connectivity index (χ4v) is 1.51. The van der Waals surface area contributed by atoms with Gasteiger partial charge >= 0.3 is 5.69 Å². The maximum absolute atomic E-state index is 11.8. The van der Waals surface area contributed by atoms with E-state index in [2.05, 4.69) is 15.5 Å². The molecule has 9 heteroatoms. The summed E-state index contributed by atoms with van der Waals surface area (Å²) in [6, 6.07) is 3.22. The van der Waals surface area contributed by atoms with Gasteiger partial charge in [0.15, 0.2) is 1.41 Å². The van der Waals surface area contributed by atoms with E-state index >= 15 is 0 Å². The third-order valence-electron chi connectivity index (χ3n) is 2.45. The molecule has 0 aliphatic carbocycles. The topological polar surface area (TPSA) is 104 Å². The number of rotatable bonds is 4. The Morgan fingerprint density at radius 3 is 3.11 bits per heavy atom. The lowest BCUT2D eigenvalue weighted by Gasteiger charge is -2.01. The van der Waals surface area contributed by atoms with Crippen LogP contribution in [0.25, 0.3) is 5.88 Å². The number of nitrogens with zero attached hydrogens (tertiary/aromatic N) is 5. The van der Waals surface area contributed by atoms with Gasteiger partial charge in [-0.05, 0) is 16.5 Å². The highest BCUT2D eigenvalue weighted by Gasteiger charge is 2.15. The van der Waals surface area contributed by atoms with Gasteiger partial charge in [0.2, 0.25) is 11.8 Å². The lowest BCUT2D eigenvalue weighted by atomic mass is 10.3. The maximum Gasteiger partial charge on any atom is 0.370 e. The number of ether oxygens (including phenoxy) is 1. The summed E-state index contributed by atoms with van der Waals surface area (Å²) in [6.45, 7) is 0.131. The zero-order valence-corrected chi connectivity index (χ0v) is 9.92. The van der Waals surface area contributed by atoms with Crippen molar-refractivity contribution in [3.8, 4) is 11.8 Å². The molecule has 1 N–H and O–H groups in total. The van der Waals surface area contributed by atoms with Crippen molar-refractivity contribution in [3.63, 3.8) is 0 Å². The van der Waals surface area contributed by atoms with Gasteiger partial charge in [-0.3, -0.25) is 5.09 Å². The lowest BCUT2D eigenvalue weighted by Crippen LogP contribution is -2.22. The number of H-pyrrole nitrogens is 1. The summed E-state index contributed by atoms with van der Waals surface area (Å²) in [7, 11) is 1.49. The van der Waals surface area contributed by atoms with E-state index in [1.807, 2.05) is 0 Å². The van der Waals surface area contributed by atoms with Crippen LogP contribution in [0.3, 0.4) is 0 Å². The Kier molecular flexibility index (Phi) is 2.37. The average Bonchev–Trinajstić information content (AvgIpc) is 3.11. The first-order chi connectivity index (χ1) is 9.65. The van der Waals surface area contributed by atoms with Crippen molar-refractivity contribution in [2.45, 2.75) is 6.61 Å². The van der Waals surface area contributed by atoms with Crippen LogP contribution < -0.4 is 10.4 Å². The van der Waals surface area contributed by atoms with E-state index in [1.54, 1.807) is 12.1 Å². The summed E-state index contributed by atoms with van der Waals surface area (Å²) in [6.07, 6.45) is 2.87. The zero-order valence-electron chi connectivity index (χ0n) is 10.9.